The van der Waals surface area contributed by atoms with Gasteiger partial charge in [0.1, 0.15) is 5.56 Å². The number of H-pyrrole nitrogens is 1. The molecule has 4 aromatic rings. The molecule has 4 N–H and O–H groups in total. The molecule has 0 saturated heterocycles. The van der Waals surface area contributed by atoms with Gasteiger partial charge in [0.25, 0.3) is 5.91 Å². The molecule has 0 saturated carbocycles. The average Bonchev–Trinajstić information content (AvgIpc) is 3.04. The number of hydrogen-bond donors (Lipinski definition) is 4. The highest BCUT2D eigenvalue weighted by Gasteiger charge is 2.23. The van der Waals surface area contributed by atoms with E-state index in [9.17, 15) is 15.0 Å². The summed E-state index contributed by atoms with van der Waals surface area (Å²) in [4.78, 5) is 15.4. The van der Waals surface area contributed by atoms with Gasteiger partial charge in [0.05, 0.1) is 5.69 Å². The summed E-state index contributed by atoms with van der Waals surface area (Å²) in [5, 5.41) is 23.4. The lowest BCUT2D eigenvalue weighted by Crippen LogP contribution is -2.11. The summed E-state index contributed by atoms with van der Waals surface area (Å²) >= 11 is 0. The van der Waals surface area contributed by atoms with Gasteiger partial charge in [0.15, 0.2) is 5.75 Å². The van der Waals surface area contributed by atoms with Crippen LogP contribution in [-0.4, -0.2) is 21.1 Å². The standard InChI is InChI=1S/C25H22N2O3/c28-23-21(16-18-9-5-2-6-10-18)27-25(30)22(23)24(29)26-20-13-11-19(12-14-20)15-17-7-3-1-4-8-17/h1-14,27-28,30H,15-16H2,(H,26,29). The van der Waals surface area contributed by atoms with E-state index in [-0.39, 0.29) is 17.2 Å². The van der Waals surface area contributed by atoms with Crippen LogP contribution < -0.4 is 5.32 Å². The number of amides is 1. The normalized spacial score (nSPS) is 10.7. The van der Waals surface area contributed by atoms with Crippen LogP contribution in [0.5, 0.6) is 11.6 Å². The molecule has 0 bridgehead atoms. The minimum Gasteiger partial charge on any atom is -0.505 e. The fraction of sp³-hybridized carbons (Fsp3) is 0.0800. The van der Waals surface area contributed by atoms with Crippen molar-refractivity contribution in [2.45, 2.75) is 12.8 Å². The average molecular weight is 398 g/mol. The van der Waals surface area contributed by atoms with Crippen molar-refractivity contribution >= 4 is 11.6 Å². The van der Waals surface area contributed by atoms with Gasteiger partial charge in [0, 0.05) is 12.1 Å². The molecule has 1 amide bonds. The smallest absolute Gasteiger partial charge is 0.264 e. The molecule has 3 aromatic carbocycles. The van der Waals surface area contributed by atoms with Crippen LogP contribution >= 0.6 is 0 Å². The zero-order valence-electron chi connectivity index (χ0n) is 16.3. The number of aromatic nitrogens is 1. The molecule has 30 heavy (non-hydrogen) atoms. The predicted molar refractivity (Wildman–Crippen MR) is 117 cm³/mol. The second-order valence-corrected chi connectivity index (χ2v) is 7.15. The van der Waals surface area contributed by atoms with Crippen molar-refractivity contribution in [1.29, 1.82) is 0 Å². The summed E-state index contributed by atoms with van der Waals surface area (Å²) < 4.78 is 0. The topological polar surface area (TPSA) is 85.4 Å². The summed E-state index contributed by atoms with van der Waals surface area (Å²) in [6.45, 7) is 0. The molecule has 150 valence electrons. The number of carbonyl (C=O) groups excluding carboxylic acids is 1. The largest absolute Gasteiger partial charge is 0.505 e. The van der Waals surface area contributed by atoms with Crippen molar-refractivity contribution in [1.82, 2.24) is 4.98 Å². The molecular weight excluding hydrogens is 376 g/mol. The maximum atomic E-state index is 12.6. The highest BCUT2D eigenvalue weighted by molar-refractivity contribution is 6.08. The molecule has 0 radical (unpaired) electrons. The molecule has 4 rings (SSSR count). The number of nitrogens with one attached hydrogen (secondary N) is 2. The van der Waals surface area contributed by atoms with E-state index in [0.717, 1.165) is 17.5 Å². The van der Waals surface area contributed by atoms with Crippen molar-refractivity contribution in [2.75, 3.05) is 5.32 Å². The number of rotatable bonds is 6. The molecule has 1 heterocycles. The quantitative estimate of drug-likeness (QED) is 0.374. The van der Waals surface area contributed by atoms with Crippen molar-refractivity contribution in [3.8, 4) is 11.6 Å². The van der Waals surface area contributed by atoms with Gasteiger partial charge < -0.3 is 20.5 Å². The van der Waals surface area contributed by atoms with Crippen LogP contribution in [0.2, 0.25) is 0 Å². The molecule has 0 unspecified atom stereocenters. The fourth-order valence-corrected chi connectivity index (χ4v) is 3.40. The first-order valence-corrected chi connectivity index (χ1v) is 9.71. The molecule has 0 spiro atoms. The Morgan fingerprint density at radius 3 is 1.87 bits per heavy atom. The molecule has 0 aliphatic carbocycles. The van der Waals surface area contributed by atoms with Gasteiger partial charge in [-0.05, 0) is 35.2 Å². The van der Waals surface area contributed by atoms with Gasteiger partial charge in [-0.1, -0.05) is 72.8 Å². The first-order valence-electron chi connectivity index (χ1n) is 9.71. The summed E-state index contributed by atoms with van der Waals surface area (Å²) in [7, 11) is 0. The van der Waals surface area contributed by atoms with E-state index in [2.05, 4.69) is 22.4 Å². The molecular formula is C25H22N2O3. The predicted octanol–water partition coefficient (Wildman–Crippen LogP) is 4.86. The Balaban J connectivity index is 1.46. The Bertz CT molecular complexity index is 1130. The Morgan fingerprint density at radius 1 is 0.733 bits per heavy atom. The summed E-state index contributed by atoms with van der Waals surface area (Å²) in [5.74, 6) is -1.16. The van der Waals surface area contributed by atoms with Gasteiger partial charge in [-0.25, -0.2) is 0 Å². The second kappa shape index (κ2) is 8.57. The first-order chi connectivity index (χ1) is 14.6. The molecule has 0 aliphatic heterocycles. The maximum Gasteiger partial charge on any atom is 0.264 e. The van der Waals surface area contributed by atoms with E-state index in [1.165, 1.54) is 5.56 Å². The Morgan fingerprint density at radius 2 is 1.27 bits per heavy atom. The molecule has 5 nitrogen and oxygen atoms in total. The number of hydrogen-bond acceptors (Lipinski definition) is 3. The van der Waals surface area contributed by atoms with E-state index in [0.29, 0.717) is 17.8 Å². The van der Waals surface area contributed by atoms with Gasteiger partial charge in [-0.2, -0.15) is 0 Å². The number of carbonyl (C=O) groups is 1. The number of aromatic amines is 1. The molecule has 0 fully saturated rings. The molecule has 5 heteroatoms. The van der Waals surface area contributed by atoms with Gasteiger partial charge in [-0.15, -0.1) is 0 Å². The van der Waals surface area contributed by atoms with Gasteiger partial charge in [0.2, 0.25) is 5.88 Å². The Kier molecular flexibility index (Phi) is 5.52. The van der Waals surface area contributed by atoms with E-state index >= 15 is 0 Å². The van der Waals surface area contributed by atoms with Crippen LogP contribution in [0.15, 0.2) is 84.9 Å². The minimum absolute atomic E-state index is 0.158. The van der Waals surface area contributed by atoms with Crippen LogP contribution in [0, 0.1) is 0 Å². The molecule has 0 aliphatic rings. The monoisotopic (exact) mass is 398 g/mol. The van der Waals surface area contributed by atoms with Crippen LogP contribution in [-0.2, 0) is 12.8 Å². The third-order valence-electron chi connectivity index (χ3n) is 4.94. The Hall–Kier alpha value is -3.99. The highest BCUT2D eigenvalue weighted by atomic mass is 16.3. The van der Waals surface area contributed by atoms with E-state index < -0.39 is 5.91 Å². The number of benzene rings is 3. The van der Waals surface area contributed by atoms with Crippen LogP contribution in [0.25, 0.3) is 0 Å². The maximum absolute atomic E-state index is 12.6. The number of aromatic hydroxyl groups is 2. The number of anilines is 1. The van der Waals surface area contributed by atoms with Crippen molar-refractivity contribution in [3.63, 3.8) is 0 Å². The zero-order valence-corrected chi connectivity index (χ0v) is 16.3. The lowest BCUT2D eigenvalue weighted by molar-refractivity contribution is 0.102. The lowest BCUT2D eigenvalue weighted by atomic mass is 10.0. The fourth-order valence-electron chi connectivity index (χ4n) is 3.40. The molecule has 0 atom stereocenters. The van der Waals surface area contributed by atoms with Crippen LogP contribution in [0.4, 0.5) is 5.69 Å². The summed E-state index contributed by atoms with van der Waals surface area (Å²) in [6, 6.07) is 27.2. The van der Waals surface area contributed by atoms with Crippen molar-refractivity contribution < 1.29 is 15.0 Å². The third kappa shape index (κ3) is 4.36. The van der Waals surface area contributed by atoms with Gasteiger partial charge >= 0.3 is 0 Å². The molecule has 1 aromatic heterocycles. The SMILES string of the molecule is O=C(Nc1ccc(Cc2ccccc2)cc1)c1c(O)[nH]c(Cc2ccccc2)c1O. The van der Waals surface area contributed by atoms with E-state index in [1.54, 1.807) is 0 Å². The summed E-state index contributed by atoms with van der Waals surface area (Å²) in [6.07, 6.45) is 1.18. The summed E-state index contributed by atoms with van der Waals surface area (Å²) in [5.41, 5.74) is 4.10. The first kappa shape index (κ1) is 19.3. The second-order valence-electron chi connectivity index (χ2n) is 7.15. The van der Waals surface area contributed by atoms with Crippen molar-refractivity contribution in [3.05, 3.63) is 113 Å². The third-order valence-corrected chi connectivity index (χ3v) is 4.94. The Labute approximate surface area is 174 Å². The minimum atomic E-state index is -0.573. The zero-order chi connectivity index (χ0) is 20.9. The van der Waals surface area contributed by atoms with Crippen LogP contribution in [0.3, 0.4) is 0 Å². The highest BCUT2D eigenvalue weighted by Crippen LogP contribution is 2.32. The van der Waals surface area contributed by atoms with Gasteiger partial charge in [-0.3, -0.25) is 4.79 Å². The van der Waals surface area contributed by atoms with Crippen molar-refractivity contribution in [2.24, 2.45) is 0 Å². The van der Waals surface area contributed by atoms with Crippen LogP contribution in [0.1, 0.15) is 32.7 Å². The lowest BCUT2D eigenvalue weighted by Gasteiger charge is -2.07. The van der Waals surface area contributed by atoms with E-state index in [1.807, 2.05) is 72.8 Å². The van der Waals surface area contributed by atoms with E-state index in [4.69, 9.17) is 0 Å².